The van der Waals surface area contributed by atoms with Crippen molar-refractivity contribution >= 4 is 11.7 Å². The second kappa shape index (κ2) is 5.57. The SMILES string of the molecule is COc1ccc(-c2nc3n(n2)CC(c2ccccc2)=NN3)cc1. The fraction of sp³-hybridized carbons (Fsp3) is 0.118. The molecule has 1 aromatic heterocycles. The molecule has 0 aliphatic carbocycles. The third kappa shape index (κ3) is 2.55. The van der Waals surface area contributed by atoms with Gasteiger partial charge >= 0.3 is 0 Å². The number of hydrogen-bond donors (Lipinski definition) is 1. The van der Waals surface area contributed by atoms with Crippen molar-refractivity contribution in [2.45, 2.75) is 6.54 Å². The summed E-state index contributed by atoms with van der Waals surface area (Å²) in [5, 5.41) is 8.97. The quantitative estimate of drug-likeness (QED) is 0.808. The molecule has 1 aliphatic rings. The minimum atomic E-state index is 0.593. The number of anilines is 1. The highest BCUT2D eigenvalue weighted by Crippen LogP contribution is 2.22. The summed E-state index contributed by atoms with van der Waals surface area (Å²) >= 11 is 0. The predicted molar refractivity (Wildman–Crippen MR) is 88.6 cm³/mol. The third-order valence-electron chi connectivity index (χ3n) is 3.72. The summed E-state index contributed by atoms with van der Waals surface area (Å²) in [4.78, 5) is 4.50. The molecule has 114 valence electrons. The zero-order valence-electron chi connectivity index (χ0n) is 12.6. The number of nitrogens with one attached hydrogen (secondary N) is 1. The van der Waals surface area contributed by atoms with Gasteiger partial charge in [0.25, 0.3) is 0 Å². The minimum absolute atomic E-state index is 0.593. The van der Waals surface area contributed by atoms with Gasteiger partial charge in [0.2, 0.25) is 5.95 Å². The van der Waals surface area contributed by atoms with Crippen molar-refractivity contribution in [1.29, 1.82) is 0 Å². The van der Waals surface area contributed by atoms with Crippen molar-refractivity contribution in [1.82, 2.24) is 14.8 Å². The second-order valence-electron chi connectivity index (χ2n) is 5.18. The number of rotatable bonds is 3. The van der Waals surface area contributed by atoms with Crippen molar-refractivity contribution < 1.29 is 4.74 Å². The number of benzene rings is 2. The molecular formula is C17H15N5O. The lowest BCUT2D eigenvalue weighted by atomic mass is 10.1. The summed E-state index contributed by atoms with van der Waals surface area (Å²) in [5.41, 5.74) is 5.93. The molecule has 23 heavy (non-hydrogen) atoms. The van der Waals surface area contributed by atoms with E-state index in [0.717, 1.165) is 22.6 Å². The van der Waals surface area contributed by atoms with Gasteiger partial charge in [0.1, 0.15) is 5.75 Å². The van der Waals surface area contributed by atoms with E-state index < -0.39 is 0 Å². The van der Waals surface area contributed by atoms with Crippen LogP contribution < -0.4 is 10.2 Å². The lowest BCUT2D eigenvalue weighted by molar-refractivity contribution is 0.415. The van der Waals surface area contributed by atoms with Gasteiger partial charge in [-0.05, 0) is 29.8 Å². The summed E-state index contributed by atoms with van der Waals surface area (Å²) < 4.78 is 7.00. The smallest absolute Gasteiger partial charge is 0.242 e. The van der Waals surface area contributed by atoms with Gasteiger partial charge in [-0.2, -0.15) is 10.1 Å². The highest BCUT2D eigenvalue weighted by atomic mass is 16.5. The van der Waals surface area contributed by atoms with Crippen LogP contribution in [0.2, 0.25) is 0 Å². The number of nitrogens with zero attached hydrogens (tertiary/aromatic N) is 4. The summed E-state index contributed by atoms with van der Waals surface area (Å²) in [5.74, 6) is 2.13. The maximum Gasteiger partial charge on any atom is 0.242 e. The lowest BCUT2D eigenvalue weighted by Gasteiger charge is -2.13. The number of hydrazone groups is 1. The standard InChI is InChI=1S/C17H15N5O/c1-23-14-9-7-13(8-10-14)16-18-17-20-19-15(11-22(17)21-16)12-5-3-2-4-6-12/h2-10H,11H2,1H3,(H,18,20,21). The molecule has 0 bridgehead atoms. The molecule has 0 saturated heterocycles. The molecule has 2 aromatic carbocycles. The van der Waals surface area contributed by atoms with E-state index in [1.807, 2.05) is 59.3 Å². The number of aromatic nitrogens is 3. The first-order chi connectivity index (χ1) is 11.3. The molecule has 2 heterocycles. The monoisotopic (exact) mass is 305 g/mol. The van der Waals surface area contributed by atoms with Gasteiger partial charge in [-0.25, -0.2) is 10.1 Å². The average molecular weight is 305 g/mol. The molecule has 1 aliphatic heterocycles. The minimum Gasteiger partial charge on any atom is -0.497 e. The number of methoxy groups -OCH3 is 1. The van der Waals surface area contributed by atoms with Crippen LogP contribution in [0.15, 0.2) is 59.7 Å². The van der Waals surface area contributed by atoms with Crippen LogP contribution in [-0.2, 0) is 6.54 Å². The largest absolute Gasteiger partial charge is 0.497 e. The van der Waals surface area contributed by atoms with Crippen LogP contribution in [-0.4, -0.2) is 27.6 Å². The zero-order chi connectivity index (χ0) is 15.6. The molecule has 0 radical (unpaired) electrons. The lowest BCUT2D eigenvalue weighted by Crippen LogP contribution is -2.21. The van der Waals surface area contributed by atoms with E-state index in [2.05, 4.69) is 20.6 Å². The number of fused-ring (bicyclic) bond motifs is 1. The van der Waals surface area contributed by atoms with Crippen LogP contribution in [0.25, 0.3) is 11.4 Å². The summed E-state index contributed by atoms with van der Waals surface area (Å²) in [6.07, 6.45) is 0. The maximum atomic E-state index is 5.17. The van der Waals surface area contributed by atoms with Crippen LogP contribution in [0.5, 0.6) is 5.75 Å². The molecule has 6 heteroatoms. The average Bonchev–Trinajstić information content (AvgIpc) is 3.06. The van der Waals surface area contributed by atoms with Gasteiger partial charge in [-0.3, -0.25) is 0 Å². The third-order valence-corrected chi connectivity index (χ3v) is 3.72. The summed E-state index contributed by atoms with van der Waals surface area (Å²) in [7, 11) is 1.65. The van der Waals surface area contributed by atoms with E-state index in [-0.39, 0.29) is 0 Å². The van der Waals surface area contributed by atoms with Crippen molar-refractivity contribution in [3.05, 3.63) is 60.2 Å². The van der Waals surface area contributed by atoms with E-state index in [4.69, 9.17) is 4.74 Å². The summed E-state index contributed by atoms with van der Waals surface area (Å²) in [6, 6.07) is 17.7. The van der Waals surface area contributed by atoms with E-state index in [0.29, 0.717) is 18.3 Å². The van der Waals surface area contributed by atoms with E-state index in [1.54, 1.807) is 7.11 Å². The Labute approximate surface area is 133 Å². The van der Waals surface area contributed by atoms with Crippen LogP contribution >= 0.6 is 0 Å². The molecule has 3 aromatic rings. The molecule has 1 N–H and O–H groups in total. The van der Waals surface area contributed by atoms with E-state index in [9.17, 15) is 0 Å². The fourth-order valence-electron chi connectivity index (χ4n) is 2.48. The molecule has 0 fully saturated rings. The van der Waals surface area contributed by atoms with Crippen LogP contribution in [0.3, 0.4) is 0 Å². The molecule has 4 rings (SSSR count). The van der Waals surface area contributed by atoms with Gasteiger partial charge in [0, 0.05) is 5.56 Å². The Balaban J connectivity index is 1.61. The van der Waals surface area contributed by atoms with E-state index in [1.165, 1.54) is 0 Å². The Morgan fingerprint density at radius 3 is 2.52 bits per heavy atom. The first-order valence-electron chi connectivity index (χ1n) is 7.31. The number of ether oxygens (including phenoxy) is 1. The van der Waals surface area contributed by atoms with Gasteiger partial charge in [-0.1, -0.05) is 30.3 Å². The number of hydrogen-bond acceptors (Lipinski definition) is 5. The highest BCUT2D eigenvalue weighted by molar-refractivity contribution is 6.01. The Bertz CT molecular complexity index is 852. The molecular weight excluding hydrogens is 290 g/mol. The topological polar surface area (TPSA) is 64.3 Å². The van der Waals surface area contributed by atoms with Crippen molar-refractivity contribution in [3.63, 3.8) is 0 Å². The highest BCUT2D eigenvalue weighted by Gasteiger charge is 2.18. The normalized spacial score (nSPS) is 13.0. The predicted octanol–water partition coefficient (Wildman–Crippen LogP) is 2.78. The van der Waals surface area contributed by atoms with E-state index >= 15 is 0 Å². The van der Waals surface area contributed by atoms with Gasteiger partial charge in [0.15, 0.2) is 5.82 Å². The van der Waals surface area contributed by atoms with Crippen molar-refractivity contribution in [3.8, 4) is 17.1 Å². The fourth-order valence-corrected chi connectivity index (χ4v) is 2.48. The second-order valence-corrected chi connectivity index (χ2v) is 5.18. The Morgan fingerprint density at radius 1 is 1.00 bits per heavy atom. The molecule has 0 spiro atoms. The molecule has 0 saturated carbocycles. The molecule has 0 atom stereocenters. The maximum absolute atomic E-state index is 5.17. The van der Waals surface area contributed by atoms with Gasteiger partial charge < -0.3 is 4.74 Å². The Morgan fingerprint density at radius 2 is 1.78 bits per heavy atom. The summed E-state index contributed by atoms with van der Waals surface area (Å²) in [6.45, 7) is 0.593. The van der Waals surface area contributed by atoms with Crippen LogP contribution in [0.4, 0.5) is 5.95 Å². The Hall–Kier alpha value is -3.15. The first-order valence-corrected chi connectivity index (χ1v) is 7.31. The Kier molecular flexibility index (Phi) is 3.27. The van der Waals surface area contributed by atoms with Crippen LogP contribution in [0.1, 0.15) is 5.56 Å². The molecule has 0 unspecified atom stereocenters. The van der Waals surface area contributed by atoms with Gasteiger partial charge in [-0.15, -0.1) is 5.10 Å². The van der Waals surface area contributed by atoms with Crippen molar-refractivity contribution in [2.24, 2.45) is 5.10 Å². The zero-order valence-corrected chi connectivity index (χ0v) is 12.6. The molecule has 0 amide bonds. The molecule has 6 nitrogen and oxygen atoms in total. The first kappa shape index (κ1) is 13.5. The van der Waals surface area contributed by atoms with Gasteiger partial charge in [0.05, 0.1) is 19.4 Å². The van der Waals surface area contributed by atoms with Crippen molar-refractivity contribution in [2.75, 3.05) is 12.5 Å². The van der Waals surface area contributed by atoms with Crippen LogP contribution in [0, 0.1) is 0 Å².